The Bertz CT molecular complexity index is 960. The molecule has 0 aliphatic carbocycles. The Balaban J connectivity index is 1.91. The molecule has 0 fully saturated rings. The van der Waals surface area contributed by atoms with E-state index in [4.69, 9.17) is 0 Å². The number of hydrogen-bond donors (Lipinski definition) is 3. The predicted octanol–water partition coefficient (Wildman–Crippen LogP) is 3.09. The van der Waals surface area contributed by atoms with Crippen LogP contribution in [-0.4, -0.2) is 32.9 Å². The van der Waals surface area contributed by atoms with Crippen LogP contribution in [0.3, 0.4) is 0 Å². The van der Waals surface area contributed by atoms with Crippen LogP contribution >= 0.6 is 11.8 Å². The second-order valence-electron chi connectivity index (χ2n) is 6.29. The molecular formula is C19H22N4O2S. The van der Waals surface area contributed by atoms with Crippen molar-refractivity contribution in [2.24, 2.45) is 0 Å². The zero-order chi connectivity index (χ0) is 18.7. The van der Waals surface area contributed by atoms with Crippen molar-refractivity contribution in [1.29, 1.82) is 0 Å². The van der Waals surface area contributed by atoms with Gasteiger partial charge in [0.15, 0.2) is 0 Å². The van der Waals surface area contributed by atoms with Gasteiger partial charge in [0, 0.05) is 5.69 Å². The molecule has 26 heavy (non-hydrogen) atoms. The highest BCUT2D eigenvalue weighted by molar-refractivity contribution is 7.98. The van der Waals surface area contributed by atoms with Gasteiger partial charge in [-0.3, -0.25) is 9.59 Å². The summed E-state index contributed by atoms with van der Waals surface area (Å²) in [5, 5.41) is 2.98. The monoisotopic (exact) mass is 370 g/mol. The Morgan fingerprint density at radius 1 is 1.27 bits per heavy atom. The van der Waals surface area contributed by atoms with Gasteiger partial charge in [-0.1, -0.05) is 12.1 Å². The van der Waals surface area contributed by atoms with Crippen molar-refractivity contribution >= 4 is 28.7 Å². The zero-order valence-corrected chi connectivity index (χ0v) is 15.9. The van der Waals surface area contributed by atoms with Gasteiger partial charge in [0.05, 0.1) is 17.1 Å². The number of thioether (sulfide) groups is 1. The van der Waals surface area contributed by atoms with Crippen molar-refractivity contribution in [3.8, 4) is 0 Å². The molecule has 1 atom stereocenters. The van der Waals surface area contributed by atoms with Gasteiger partial charge in [0.2, 0.25) is 0 Å². The van der Waals surface area contributed by atoms with Gasteiger partial charge < -0.3 is 15.3 Å². The summed E-state index contributed by atoms with van der Waals surface area (Å²) in [6, 6.07) is 9.26. The minimum absolute atomic E-state index is 0.154. The highest BCUT2D eigenvalue weighted by atomic mass is 32.2. The number of aromatic amines is 2. The molecule has 136 valence electrons. The summed E-state index contributed by atoms with van der Waals surface area (Å²) in [6.07, 6.45) is 2.74. The quantitative estimate of drug-likeness (QED) is 0.622. The molecule has 3 aromatic rings. The summed E-state index contributed by atoms with van der Waals surface area (Å²) in [4.78, 5) is 35.6. The highest BCUT2D eigenvalue weighted by Crippen LogP contribution is 2.20. The zero-order valence-electron chi connectivity index (χ0n) is 15.1. The molecule has 1 aromatic carbocycles. The summed E-state index contributed by atoms with van der Waals surface area (Å²) in [5.41, 5.74) is 2.97. The number of aromatic nitrogens is 3. The molecule has 0 aliphatic heterocycles. The second-order valence-corrected chi connectivity index (χ2v) is 7.27. The molecular weight excluding hydrogens is 348 g/mol. The predicted molar refractivity (Wildman–Crippen MR) is 106 cm³/mol. The van der Waals surface area contributed by atoms with E-state index in [2.05, 4.69) is 20.3 Å². The largest absolute Gasteiger partial charge is 0.342 e. The number of fused-ring (bicyclic) bond motifs is 1. The van der Waals surface area contributed by atoms with E-state index < -0.39 is 0 Å². The number of hydrogen-bond acceptors (Lipinski definition) is 4. The Labute approximate surface area is 155 Å². The number of nitrogens with one attached hydrogen (secondary N) is 3. The van der Waals surface area contributed by atoms with E-state index >= 15 is 0 Å². The topological polar surface area (TPSA) is 90.6 Å². The Kier molecular flexibility index (Phi) is 5.46. The molecule has 3 N–H and O–H groups in total. The standard InChI is InChI=1S/C19H22N4O2S/c1-11-10-12(2)20-18(24)16(11)19(25)23-15(8-9-26-3)17-21-13-6-4-5-7-14(13)22-17/h4-7,10,15H,8-9H2,1-3H3,(H,20,24)(H,21,22)(H,23,25)/t15-/m0/s1. The third kappa shape index (κ3) is 3.83. The van der Waals surface area contributed by atoms with Gasteiger partial charge in [0.1, 0.15) is 11.4 Å². The first-order valence-corrected chi connectivity index (χ1v) is 9.84. The molecule has 3 rings (SSSR count). The molecule has 0 unspecified atom stereocenters. The van der Waals surface area contributed by atoms with Crippen molar-refractivity contribution in [3.05, 3.63) is 63.3 Å². The molecule has 6 nitrogen and oxygen atoms in total. The van der Waals surface area contributed by atoms with Gasteiger partial charge in [-0.05, 0) is 56.0 Å². The Morgan fingerprint density at radius 3 is 2.73 bits per heavy atom. The summed E-state index contributed by atoms with van der Waals surface area (Å²) < 4.78 is 0. The fourth-order valence-corrected chi connectivity index (χ4v) is 3.49. The van der Waals surface area contributed by atoms with Crippen LogP contribution in [0, 0.1) is 13.8 Å². The first-order valence-electron chi connectivity index (χ1n) is 8.44. The maximum Gasteiger partial charge on any atom is 0.261 e. The molecule has 0 saturated heterocycles. The van der Waals surface area contributed by atoms with E-state index in [1.165, 1.54) is 0 Å². The van der Waals surface area contributed by atoms with E-state index in [9.17, 15) is 9.59 Å². The SMILES string of the molecule is CSCC[C@H](NC(=O)c1c(C)cc(C)[nH]c1=O)c1nc2ccccc2[nH]1. The van der Waals surface area contributed by atoms with Crippen LogP contribution in [0.5, 0.6) is 0 Å². The smallest absolute Gasteiger partial charge is 0.261 e. The number of pyridine rings is 1. The molecule has 2 heterocycles. The van der Waals surface area contributed by atoms with E-state index in [0.29, 0.717) is 11.4 Å². The number of rotatable bonds is 6. The average Bonchev–Trinajstić information content (AvgIpc) is 3.01. The fraction of sp³-hybridized carbons (Fsp3) is 0.316. The molecule has 0 saturated carbocycles. The van der Waals surface area contributed by atoms with Gasteiger partial charge in [-0.15, -0.1) is 0 Å². The van der Waals surface area contributed by atoms with Crippen molar-refractivity contribution in [2.45, 2.75) is 26.3 Å². The molecule has 0 bridgehead atoms. The summed E-state index contributed by atoms with van der Waals surface area (Å²) in [6.45, 7) is 3.57. The van der Waals surface area contributed by atoms with Crippen LogP contribution < -0.4 is 10.9 Å². The second kappa shape index (κ2) is 7.78. The number of carbonyl (C=O) groups excluding carboxylic acids is 1. The lowest BCUT2D eigenvalue weighted by Gasteiger charge is -2.17. The number of benzene rings is 1. The van der Waals surface area contributed by atoms with E-state index in [1.54, 1.807) is 31.7 Å². The van der Waals surface area contributed by atoms with Crippen LogP contribution in [0.25, 0.3) is 11.0 Å². The molecule has 0 radical (unpaired) electrons. The minimum Gasteiger partial charge on any atom is -0.342 e. The lowest BCUT2D eigenvalue weighted by molar-refractivity contribution is 0.0932. The average molecular weight is 370 g/mol. The van der Waals surface area contributed by atoms with E-state index in [-0.39, 0.29) is 23.1 Å². The van der Waals surface area contributed by atoms with Crippen LogP contribution in [-0.2, 0) is 0 Å². The van der Waals surface area contributed by atoms with Gasteiger partial charge in [0.25, 0.3) is 11.5 Å². The number of nitrogens with zero attached hydrogens (tertiary/aromatic N) is 1. The van der Waals surface area contributed by atoms with Crippen molar-refractivity contribution in [2.75, 3.05) is 12.0 Å². The number of H-pyrrole nitrogens is 2. The molecule has 7 heteroatoms. The van der Waals surface area contributed by atoms with E-state index in [1.807, 2.05) is 30.5 Å². The molecule has 0 spiro atoms. The lowest BCUT2D eigenvalue weighted by Crippen LogP contribution is -2.34. The van der Waals surface area contributed by atoms with E-state index in [0.717, 1.165) is 28.9 Å². The number of amides is 1. The number of imidazole rings is 1. The number of para-hydroxylation sites is 2. The minimum atomic E-state index is -0.379. The first-order chi connectivity index (χ1) is 12.5. The Hall–Kier alpha value is -2.54. The van der Waals surface area contributed by atoms with Crippen LogP contribution in [0.2, 0.25) is 0 Å². The lowest BCUT2D eigenvalue weighted by atomic mass is 10.1. The van der Waals surface area contributed by atoms with Gasteiger partial charge in [-0.25, -0.2) is 4.98 Å². The van der Waals surface area contributed by atoms with Gasteiger partial charge >= 0.3 is 0 Å². The first kappa shape index (κ1) is 18.3. The van der Waals surface area contributed by atoms with Crippen LogP contribution in [0.15, 0.2) is 35.1 Å². The normalized spacial score (nSPS) is 12.3. The van der Waals surface area contributed by atoms with Gasteiger partial charge in [-0.2, -0.15) is 11.8 Å². The molecule has 0 aliphatic rings. The van der Waals surface area contributed by atoms with Crippen LogP contribution in [0.1, 0.15) is 39.9 Å². The maximum absolute atomic E-state index is 12.8. The molecule has 2 aromatic heterocycles. The third-order valence-corrected chi connectivity index (χ3v) is 4.89. The maximum atomic E-state index is 12.8. The van der Waals surface area contributed by atoms with Crippen molar-refractivity contribution in [1.82, 2.24) is 20.3 Å². The summed E-state index contributed by atoms with van der Waals surface area (Å²) >= 11 is 1.70. The summed E-state index contributed by atoms with van der Waals surface area (Å²) in [7, 11) is 0. The number of carbonyl (C=O) groups is 1. The number of aryl methyl sites for hydroxylation is 2. The highest BCUT2D eigenvalue weighted by Gasteiger charge is 2.22. The van der Waals surface area contributed by atoms with Crippen molar-refractivity contribution < 1.29 is 4.79 Å². The fourth-order valence-electron chi connectivity index (χ4n) is 3.02. The summed E-state index contributed by atoms with van der Waals surface area (Å²) in [5.74, 6) is 1.19. The van der Waals surface area contributed by atoms with Crippen LogP contribution in [0.4, 0.5) is 0 Å². The third-order valence-electron chi connectivity index (χ3n) is 4.25. The van der Waals surface area contributed by atoms with Crippen molar-refractivity contribution in [3.63, 3.8) is 0 Å². The Morgan fingerprint density at radius 2 is 2.04 bits per heavy atom. The molecule has 1 amide bonds.